The van der Waals surface area contributed by atoms with Crippen LogP contribution in [0, 0.1) is 0 Å². The molecular weight excluding hydrogens is 228 g/mol. The van der Waals surface area contributed by atoms with E-state index in [2.05, 4.69) is 12.6 Å². The van der Waals surface area contributed by atoms with Crippen LogP contribution >= 0.6 is 12.6 Å². The Bertz CT molecular complexity index is 430. The van der Waals surface area contributed by atoms with Crippen molar-refractivity contribution in [2.45, 2.75) is 11.3 Å². The van der Waals surface area contributed by atoms with E-state index in [0.29, 0.717) is 4.90 Å². The van der Waals surface area contributed by atoms with Crippen molar-refractivity contribution in [1.29, 1.82) is 0 Å². The Balaban J connectivity index is 2.82. The summed E-state index contributed by atoms with van der Waals surface area (Å²) in [5.41, 5.74) is 1.00. The topological polar surface area (TPSA) is 34.1 Å². The van der Waals surface area contributed by atoms with E-state index in [-0.39, 0.29) is 0 Å². The highest BCUT2D eigenvalue weighted by atomic mass is 32.2. The number of thiol groups is 1. The molecule has 1 rings (SSSR count). The van der Waals surface area contributed by atoms with Crippen molar-refractivity contribution in [3.05, 3.63) is 35.9 Å². The Kier molecular flexibility index (Phi) is 4.42. The number of rotatable bonds is 4. The van der Waals surface area contributed by atoms with Gasteiger partial charge < -0.3 is 0 Å². The Hall–Kier alpha value is -0.740. The van der Waals surface area contributed by atoms with E-state index in [0.717, 1.165) is 17.7 Å². The third-order valence-electron chi connectivity index (χ3n) is 1.91. The second-order valence-electron chi connectivity index (χ2n) is 3.26. The number of allylic oxidation sites excluding steroid dienone is 1. The van der Waals surface area contributed by atoms with Gasteiger partial charge >= 0.3 is 0 Å². The first-order valence-electron chi connectivity index (χ1n) is 4.61. The molecule has 4 heteroatoms. The maximum atomic E-state index is 11.2. The van der Waals surface area contributed by atoms with Crippen LogP contribution in [-0.2, 0) is 9.84 Å². The molecule has 0 atom stereocenters. The molecule has 0 aliphatic carbocycles. The van der Waals surface area contributed by atoms with E-state index < -0.39 is 9.84 Å². The van der Waals surface area contributed by atoms with Gasteiger partial charge in [0.15, 0.2) is 9.84 Å². The molecule has 0 bridgehead atoms. The molecule has 0 heterocycles. The van der Waals surface area contributed by atoms with Gasteiger partial charge in [0.25, 0.3) is 0 Å². The molecular formula is C11H14O2S2. The summed E-state index contributed by atoms with van der Waals surface area (Å²) in [6, 6.07) is 6.84. The first-order valence-corrected chi connectivity index (χ1v) is 7.14. The summed E-state index contributed by atoms with van der Waals surface area (Å²) in [5, 5.41) is 0. The molecule has 82 valence electrons. The first-order chi connectivity index (χ1) is 7.04. The summed E-state index contributed by atoms with van der Waals surface area (Å²) in [7, 11) is -3.08. The highest BCUT2D eigenvalue weighted by Gasteiger charge is 2.04. The highest BCUT2D eigenvalue weighted by Crippen LogP contribution is 2.11. The standard InChI is InChI=1S/C11H14O2S2/c1-15(12,13)11-7-5-10(6-8-11)4-2-3-9-14/h2,4-8,14H,3,9H2,1H3. The highest BCUT2D eigenvalue weighted by molar-refractivity contribution is 7.90. The second kappa shape index (κ2) is 5.37. The van der Waals surface area contributed by atoms with E-state index in [1.165, 1.54) is 6.26 Å². The predicted octanol–water partition coefficient (Wildman–Crippen LogP) is 2.42. The predicted molar refractivity (Wildman–Crippen MR) is 67.1 cm³/mol. The number of hydrogen-bond donors (Lipinski definition) is 1. The van der Waals surface area contributed by atoms with Gasteiger partial charge in [0.05, 0.1) is 4.90 Å². The molecule has 1 aromatic rings. The molecule has 0 fully saturated rings. The van der Waals surface area contributed by atoms with Gasteiger partial charge in [0.2, 0.25) is 0 Å². The second-order valence-corrected chi connectivity index (χ2v) is 5.72. The molecule has 0 aliphatic heterocycles. The van der Waals surface area contributed by atoms with Crippen LogP contribution in [0.25, 0.3) is 6.08 Å². The van der Waals surface area contributed by atoms with E-state index in [1.807, 2.05) is 12.2 Å². The molecule has 0 saturated carbocycles. The normalized spacial score (nSPS) is 12.1. The van der Waals surface area contributed by atoms with Crippen LogP contribution in [0.4, 0.5) is 0 Å². The van der Waals surface area contributed by atoms with Gasteiger partial charge in [-0.15, -0.1) is 0 Å². The first kappa shape index (κ1) is 12.3. The minimum Gasteiger partial charge on any atom is -0.224 e. The summed E-state index contributed by atoms with van der Waals surface area (Å²) in [4.78, 5) is 0.355. The van der Waals surface area contributed by atoms with Crippen molar-refractivity contribution in [2.75, 3.05) is 12.0 Å². The lowest BCUT2D eigenvalue weighted by molar-refractivity contribution is 0.602. The van der Waals surface area contributed by atoms with Crippen molar-refractivity contribution < 1.29 is 8.42 Å². The zero-order valence-corrected chi connectivity index (χ0v) is 10.3. The van der Waals surface area contributed by atoms with Crippen LogP contribution < -0.4 is 0 Å². The zero-order valence-electron chi connectivity index (χ0n) is 8.55. The molecule has 0 spiro atoms. The minimum atomic E-state index is -3.08. The lowest BCUT2D eigenvalue weighted by Crippen LogP contribution is -1.95. The lowest BCUT2D eigenvalue weighted by atomic mass is 10.2. The summed E-state index contributed by atoms with van der Waals surface area (Å²) in [6.45, 7) is 0. The Labute approximate surface area is 96.3 Å². The average Bonchev–Trinajstić information content (AvgIpc) is 2.18. The van der Waals surface area contributed by atoms with E-state index in [9.17, 15) is 8.42 Å². The molecule has 0 amide bonds. The van der Waals surface area contributed by atoms with Crippen molar-refractivity contribution in [2.24, 2.45) is 0 Å². The monoisotopic (exact) mass is 242 g/mol. The molecule has 15 heavy (non-hydrogen) atoms. The van der Waals surface area contributed by atoms with Gasteiger partial charge in [-0.3, -0.25) is 0 Å². The fourth-order valence-electron chi connectivity index (χ4n) is 1.12. The molecule has 0 N–H and O–H groups in total. The van der Waals surface area contributed by atoms with Crippen LogP contribution in [-0.4, -0.2) is 20.4 Å². The number of benzene rings is 1. The van der Waals surface area contributed by atoms with Crippen LogP contribution in [0.1, 0.15) is 12.0 Å². The summed E-state index contributed by atoms with van der Waals surface area (Å²) >= 11 is 4.09. The van der Waals surface area contributed by atoms with Crippen LogP contribution in [0.3, 0.4) is 0 Å². The minimum absolute atomic E-state index is 0.355. The van der Waals surface area contributed by atoms with Gasteiger partial charge in [-0.05, 0) is 29.9 Å². The van der Waals surface area contributed by atoms with Gasteiger partial charge in [0, 0.05) is 6.26 Å². The van der Waals surface area contributed by atoms with Gasteiger partial charge in [-0.25, -0.2) is 8.42 Å². The zero-order chi connectivity index (χ0) is 11.3. The largest absolute Gasteiger partial charge is 0.224 e. The van der Waals surface area contributed by atoms with Crippen LogP contribution in [0.5, 0.6) is 0 Å². The van der Waals surface area contributed by atoms with Crippen molar-refractivity contribution in [1.82, 2.24) is 0 Å². The molecule has 0 unspecified atom stereocenters. The lowest BCUT2D eigenvalue weighted by Gasteiger charge is -1.98. The Morgan fingerprint density at radius 3 is 2.33 bits per heavy atom. The molecule has 0 radical (unpaired) electrons. The third kappa shape index (κ3) is 4.10. The van der Waals surface area contributed by atoms with Crippen molar-refractivity contribution in [3.8, 4) is 0 Å². The third-order valence-corrected chi connectivity index (χ3v) is 3.30. The average molecular weight is 242 g/mol. The molecule has 0 aromatic heterocycles. The molecule has 2 nitrogen and oxygen atoms in total. The fourth-order valence-corrected chi connectivity index (χ4v) is 1.90. The van der Waals surface area contributed by atoms with Gasteiger partial charge in [0.1, 0.15) is 0 Å². The number of hydrogen-bond acceptors (Lipinski definition) is 3. The van der Waals surface area contributed by atoms with Gasteiger partial charge in [-0.1, -0.05) is 24.3 Å². The van der Waals surface area contributed by atoms with Crippen molar-refractivity contribution >= 4 is 28.5 Å². The van der Waals surface area contributed by atoms with E-state index in [4.69, 9.17) is 0 Å². The Morgan fingerprint density at radius 1 is 1.27 bits per heavy atom. The van der Waals surface area contributed by atoms with E-state index in [1.54, 1.807) is 24.3 Å². The van der Waals surface area contributed by atoms with Crippen LogP contribution in [0.15, 0.2) is 35.2 Å². The quantitative estimate of drug-likeness (QED) is 0.823. The van der Waals surface area contributed by atoms with Crippen LogP contribution in [0.2, 0.25) is 0 Å². The van der Waals surface area contributed by atoms with Crippen molar-refractivity contribution in [3.63, 3.8) is 0 Å². The fraction of sp³-hybridized carbons (Fsp3) is 0.273. The summed E-state index contributed by atoms with van der Waals surface area (Å²) in [6.07, 6.45) is 6.10. The molecule has 0 saturated heterocycles. The van der Waals surface area contributed by atoms with E-state index >= 15 is 0 Å². The maximum absolute atomic E-state index is 11.2. The molecule has 0 aliphatic rings. The molecule has 1 aromatic carbocycles. The maximum Gasteiger partial charge on any atom is 0.175 e. The Morgan fingerprint density at radius 2 is 1.87 bits per heavy atom. The summed E-state index contributed by atoms with van der Waals surface area (Å²) in [5.74, 6) is 0.817. The summed E-state index contributed by atoms with van der Waals surface area (Å²) < 4.78 is 22.4. The van der Waals surface area contributed by atoms with Gasteiger partial charge in [-0.2, -0.15) is 12.6 Å². The number of sulfone groups is 1. The smallest absolute Gasteiger partial charge is 0.175 e. The SMILES string of the molecule is CS(=O)(=O)c1ccc(C=CCCS)cc1.